The maximum absolute atomic E-state index is 12.7. The van der Waals surface area contributed by atoms with Crippen LogP contribution >= 0.6 is 0 Å². The van der Waals surface area contributed by atoms with Crippen molar-refractivity contribution >= 4 is 11.6 Å². The summed E-state index contributed by atoms with van der Waals surface area (Å²) in [5.41, 5.74) is 2.98. The second-order valence-electron chi connectivity index (χ2n) is 7.17. The van der Waals surface area contributed by atoms with E-state index >= 15 is 0 Å². The Morgan fingerprint density at radius 1 is 1.15 bits per heavy atom. The second-order valence-corrected chi connectivity index (χ2v) is 7.17. The van der Waals surface area contributed by atoms with Gasteiger partial charge in [-0.25, -0.2) is 0 Å². The summed E-state index contributed by atoms with van der Waals surface area (Å²) in [6, 6.07) is 6.01. The molecule has 1 aliphatic carbocycles. The van der Waals surface area contributed by atoms with E-state index in [1.165, 1.54) is 0 Å². The van der Waals surface area contributed by atoms with Crippen LogP contribution in [0.25, 0.3) is 0 Å². The Kier molecular flexibility index (Phi) is 4.87. The first-order chi connectivity index (χ1) is 13.2. The predicted octanol–water partition coefficient (Wildman–Crippen LogP) is 1.32. The molecule has 2 unspecified atom stereocenters. The van der Waals surface area contributed by atoms with Gasteiger partial charge in [-0.2, -0.15) is 15.4 Å². The van der Waals surface area contributed by atoms with E-state index in [4.69, 9.17) is 9.47 Å². The number of methoxy groups -OCH3 is 2. The molecule has 8 heteroatoms. The number of carbonyl (C=O) groups excluding carboxylic acids is 1. The molecule has 1 amide bonds. The van der Waals surface area contributed by atoms with Crippen LogP contribution in [0.4, 0.5) is 5.69 Å². The van der Waals surface area contributed by atoms with Crippen molar-refractivity contribution in [3.8, 4) is 11.5 Å². The first kappa shape index (κ1) is 17.6. The SMILES string of the molecule is COc1cc(OC)cc(N2CCC(NC(=O)C3CCc4n[nH]nc4C3)C2)c1. The maximum atomic E-state index is 12.7. The number of benzene rings is 1. The number of aromatic amines is 1. The van der Waals surface area contributed by atoms with Crippen molar-refractivity contribution in [1.29, 1.82) is 0 Å². The number of amides is 1. The molecule has 1 saturated heterocycles. The normalized spacial score (nSPS) is 21.6. The molecule has 1 aromatic heterocycles. The molecule has 2 aliphatic rings. The zero-order valence-electron chi connectivity index (χ0n) is 15.7. The van der Waals surface area contributed by atoms with Gasteiger partial charge in [0.2, 0.25) is 5.91 Å². The molecule has 2 heterocycles. The predicted molar refractivity (Wildman–Crippen MR) is 100 cm³/mol. The molecule has 1 aliphatic heterocycles. The summed E-state index contributed by atoms with van der Waals surface area (Å²) in [5.74, 6) is 1.64. The summed E-state index contributed by atoms with van der Waals surface area (Å²) in [6.45, 7) is 1.67. The number of hydrogen-bond acceptors (Lipinski definition) is 6. The Balaban J connectivity index is 1.37. The van der Waals surface area contributed by atoms with Crippen molar-refractivity contribution < 1.29 is 14.3 Å². The van der Waals surface area contributed by atoms with E-state index < -0.39 is 0 Å². The van der Waals surface area contributed by atoms with Crippen LogP contribution in [0.2, 0.25) is 0 Å². The molecule has 2 N–H and O–H groups in total. The van der Waals surface area contributed by atoms with Crippen molar-refractivity contribution in [3.63, 3.8) is 0 Å². The van der Waals surface area contributed by atoms with Crippen LogP contribution < -0.4 is 19.7 Å². The molecule has 0 spiro atoms. The van der Waals surface area contributed by atoms with Gasteiger partial charge in [-0.15, -0.1) is 0 Å². The number of nitrogens with zero attached hydrogens (tertiary/aromatic N) is 3. The maximum Gasteiger partial charge on any atom is 0.223 e. The summed E-state index contributed by atoms with van der Waals surface area (Å²) in [6.07, 6.45) is 3.23. The molecule has 144 valence electrons. The minimum absolute atomic E-state index is 0.0198. The van der Waals surface area contributed by atoms with Crippen LogP contribution in [0.5, 0.6) is 11.5 Å². The summed E-state index contributed by atoms with van der Waals surface area (Å²) in [4.78, 5) is 15.0. The van der Waals surface area contributed by atoms with Crippen LogP contribution in [0.3, 0.4) is 0 Å². The topological polar surface area (TPSA) is 92.4 Å². The lowest BCUT2D eigenvalue weighted by atomic mass is 9.89. The van der Waals surface area contributed by atoms with Crippen molar-refractivity contribution in [2.24, 2.45) is 5.92 Å². The number of anilines is 1. The van der Waals surface area contributed by atoms with E-state index in [0.29, 0.717) is 6.42 Å². The van der Waals surface area contributed by atoms with E-state index in [2.05, 4.69) is 25.6 Å². The summed E-state index contributed by atoms with van der Waals surface area (Å²) in [7, 11) is 3.30. The minimum Gasteiger partial charge on any atom is -0.497 e. The van der Waals surface area contributed by atoms with Crippen LogP contribution in [-0.4, -0.2) is 54.7 Å². The van der Waals surface area contributed by atoms with E-state index in [0.717, 1.165) is 60.9 Å². The fraction of sp³-hybridized carbons (Fsp3) is 0.526. The smallest absolute Gasteiger partial charge is 0.223 e. The molecule has 1 aromatic carbocycles. The van der Waals surface area contributed by atoms with Crippen molar-refractivity contribution in [1.82, 2.24) is 20.7 Å². The lowest BCUT2D eigenvalue weighted by Gasteiger charge is -2.23. The number of nitrogens with one attached hydrogen (secondary N) is 2. The van der Waals surface area contributed by atoms with Gasteiger partial charge in [0.25, 0.3) is 0 Å². The third kappa shape index (κ3) is 3.70. The largest absolute Gasteiger partial charge is 0.497 e. The molecule has 2 atom stereocenters. The highest BCUT2D eigenvalue weighted by Gasteiger charge is 2.31. The van der Waals surface area contributed by atoms with Crippen LogP contribution in [-0.2, 0) is 17.6 Å². The fourth-order valence-corrected chi connectivity index (χ4v) is 3.92. The van der Waals surface area contributed by atoms with Crippen LogP contribution in [0, 0.1) is 5.92 Å². The molecule has 0 saturated carbocycles. The van der Waals surface area contributed by atoms with Crippen LogP contribution in [0.1, 0.15) is 24.2 Å². The first-order valence-electron chi connectivity index (χ1n) is 9.33. The lowest BCUT2D eigenvalue weighted by molar-refractivity contribution is -0.125. The number of aryl methyl sites for hydroxylation is 1. The third-order valence-corrected chi connectivity index (χ3v) is 5.48. The molecule has 2 aromatic rings. The van der Waals surface area contributed by atoms with E-state index in [1.54, 1.807) is 14.2 Å². The Hall–Kier alpha value is -2.77. The molecule has 4 rings (SSSR count). The highest BCUT2D eigenvalue weighted by atomic mass is 16.5. The van der Waals surface area contributed by atoms with Gasteiger partial charge in [-0.05, 0) is 19.3 Å². The number of carbonyl (C=O) groups is 1. The highest BCUT2D eigenvalue weighted by Crippen LogP contribution is 2.30. The number of fused-ring (bicyclic) bond motifs is 1. The van der Waals surface area contributed by atoms with Gasteiger partial charge in [0.05, 0.1) is 25.6 Å². The Morgan fingerprint density at radius 3 is 2.63 bits per heavy atom. The average Bonchev–Trinajstić information content (AvgIpc) is 3.36. The van der Waals surface area contributed by atoms with Crippen molar-refractivity contribution in [2.75, 3.05) is 32.2 Å². The highest BCUT2D eigenvalue weighted by molar-refractivity contribution is 5.79. The molecule has 0 radical (unpaired) electrons. The van der Waals surface area contributed by atoms with Gasteiger partial charge in [0.15, 0.2) is 0 Å². The molecule has 8 nitrogen and oxygen atoms in total. The van der Waals surface area contributed by atoms with E-state index in [1.807, 2.05) is 18.2 Å². The van der Waals surface area contributed by atoms with Crippen molar-refractivity contribution in [2.45, 2.75) is 31.7 Å². The van der Waals surface area contributed by atoms with Crippen LogP contribution in [0.15, 0.2) is 18.2 Å². The standard InChI is InChI=1S/C19H25N5O3/c1-26-15-8-14(9-16(10-15)27-2)24-6-5-13(11-24)20-19(25)12-3-4-17-18(7-12)22-23-21-17/h8-10,12-13H,3-7,11H2,1-2H3,(H,20,25)(H,21,22,23). The number of hydrogen-bond donors (Lipinski definition) is 2. The second kappa shape index (κ2) is 7.46. The average molecular weight is 371 g/mol. The molecule has 0 bridgehead atoms. The summed E-state index contributed by atoms with van der Waals surface area (Å²) < 4.78 is 10.7. The fourth-order valence-electron chi connectivity index (χ4n) is 3.92. The molecular weight excluding hydrogens is 346 g/mol. The van der Waals surface area contributed by atoms with Gasteiger partial charge < -0.3 is 19.7 Å². The zero-order valence-corrected chi connectivity index (χ0v) is 15.7. The third-order valence-electron chi connectivity index (χ3n) is 5.48. The van der Waals surface area contributed by atoms with Gasteiger partial charge >= 0.3 is 0 Å². The Bertz CT molecular complexity index is 799. The number of H-pyrrole nitrogens is 1. The van der Waals surface area contributed by atoms with Gasteiger partial charge in [0.1, 0.15) is 11.5 Å². The summed E-state index contributed by atoms with van der Waals surface area (Å²) in [5, 5.41) is 14.2. The number of aromatic nitrogens is 3. The van der Waals surface area contributed by atoms with E-state index in [-0.39, 0.29) is 17.9 Å². The quantitative estimate of drug-likeness (QED) is 0.824. The molecule has 27 heavy (non-hydrogen) atoms. The number of rotatable bonds is 5. The molecule has 1 fully saturated rings. The monoisotopic (exact) mass is 371 g/mol. The van der Waals surface area contributed by atoms with Crippen molar-refractivity contribution in [3.05, 3.63) is 29.6 Å². The van der Waals surface area contributed by atoms with E-state index in [9.17, 15) is 4.79 Å². The minimum atomic E-state index is -0.0198. The Labute approximate surface area is 158 Å². The van der Waals surface area contributed by atoms with Gasteiger partial charge in [-0.3, -0.25) is 4.79 Å². The van der Waals surface area contributed by atoms with Gasteiger partial charge in [0, 0.05) is 55.4 Å². The first-order valence-corrected chi connectivity index (χ1v) is 9.33. The Morgan fingerprint density at radius 2 is 1.89 bits per heavy atom. The lowest BCUT2D eigenvalue weighted by Crippen LogP contribution is -2.42. The zero-order chi connectivity index (χ0) is 18.8. The van der Waals surface area contributed by atoms with Gasteiger partial charge in [-0.1, -0.05) is 0 Å². The molecular formula is C19H25N5O3. The number of ether oxygens (including phenoxy) is 2. The summed E-state index contributed by atoms with van der Waals surface area (Å²) >= 11 is 0.